The number of aryl methyl sites for hydroxylation is 3. The number of nitrogens with one attached hydrogen (secondary N) is 1. The lowest BCUT2D eigenvalue weighted by molar-refractivity contribution is 0.747. The van der Waals surface area contributed by atoms with E-state index >= 15 is 0 Å². The molecule has 0 fully saturated rings. The summed E-state index contributed by atoms with van der Waals surface area (Å²) >= 11 is 3.64. The topological polar surface area (TPSA) is 29.9 Å². The average molecular weight is 306 g/mol. The predicted octanol–water partition coefficient (Wildman–Crippen LogP) is 3.28. The standard InChI is InChI=1S/C14H16BrN3/c1-18-6-5-12(17-18)9-16-14-8-11-4-2-3-10(11)7-13(14)15/h5-8,16H,2-4,9H2,1H3. The minimum Gasteiger partial charge on any atom is -0.378 e. The van der Waals surface area contributed by atoms with Crippen LogP contribution in [0.5, 0.6) is 0 Å². The second kappa shape index (κ2) is 4.76. The van der Waals surface area contributed by atoms with Crippen LogP contribution in [0.3, 0.4) is 0 Å². The summed E-state index contributed by atoms with van der Waals surface area (Å²) in [6.07, 6.45) is 5.68. The molecule has 0 bridgehead atoms. The van der Waals surface area contributed by atoms with Crippen LogP contribution < -0.4 is 5.32 Å². The molecule has 0 unspecified atom stereocenters. The van der Waals surface area contributed by atoms with Crippen LogP contribution in [0.25, 0.3) is 0 Å². The van der Waals surface area contributed by atoms with Crippen molar-refractivity contribution in [3.8, 4) is 0 Å². The first-order valence-corrected chi connectivity index (χ1v) is 7.05. The molecular weight excluding hydrogens is 290 g/mol. The van der Waals surface area contributed by atoms with Gasteiger partial charge >= 0.3 is 0 Å². The number of aromatic nitrogens is 2. The highest BCUT2D eigenvalue weighted by molar-refractivity contribution is 9.10. The molecule has 1 aliphatic carbocycles. The van der Waals surface area contributed by atoms with Crippen LogP contribution in [-0.4, -0.2) is 9.78 Å². The van der Waals surface area contributed by atoms with Gasteiger partial charge < -0.3 is 5.32 Å². The third-order valence-corrected chi connectivity index (χ3v) is 4.07. The first-order valence-electron chi connectivity index (χ1n) is 6.26. The highest BCUT2D eigenvalue weighted by Crippen LogP contribution is 2.31. The van der Waals surface area contributed by atoms with Gasteiger partial charge in [0.05, 0.1) is 12.2 Å². The van der Waals surface area contributed by atoms with Gasteiger partial charge in [0.2, 0.25) is 0 Å². The highest BCUT2D eigenvalue weighted by Gasteiger charge is 2.13. The number of halogens is 1. The highest BCUT2D eigenvalue weighted by atomic mass is 79.9. The van der Waals surface area contributed by atoms with E-state index in [9.17, 15) is 0 Å². The number of fused-ring (bicyclic) bond motifs is 1. The van der Waals surface area contributed by atoms with Gasteiger partial charge in [-0.3, -0.25) is 4.68 Å². The predicted molar refractivity (Wildman–Crippen MR) is 76.7 cm³/mol. The largest absolute Gasteiger partial charge is 0.378 e. The Kier molecular flexibility index (Phi) is 3.12. The fraction of sp³-hybridized carbons (Fsp3) is 0.357. The summed E-state index contributed by atoms with van der Waals surface area (Å²) in [7, 11) is 1.94. The van der Waals surface area contributed by atoms with E-state index in [1.807, 2.05) is 24.0 Å². The Morgan fingerprint density at radius 3 is 2.83 bits per heavy atom. The SMILES string of the molecule is Cn1ccc(CNc2cc3c(cc2Br)CCC3)n1. The summed E-state index contributed by atoms with van der Waals surface area (Å²) in [5.74, 6) is 0. The van der Waals surface area contributed by atoms with Crippen molar-refractivity contribution < 1.29 is 0 Å². The lowest BCUT2D eigenvalue weighted by atomic mass is 10.1. The molecule has 3 nitrogen and oxygen atoms in total. The van der Waals surface area contributed by atoms with E-state index in [-0.39, 0.29) is 0 Å². The smallest absolute Gasteiger partial charge is 0.0815 e. The second-order valence-electron chi connectivity index (χ2n) is 4.79. The number of anilines is 1. The van der Waals surface area contributed by atoms with Crippen molar-refractivity contribution in [2.75, 3.05) is 5.32 Å². The summed E-state index contributed by atoms with van der Waals surface area (Å²) in [5.41, 5.74) is 5.21. The maximum absolute atomic E-state index is 4.37. The Morgan fingerprint density at radius 2 is 2.11 bits per heavy atom. The van der Waals surface area contributed by atoms with Gasteiger partial charge in [-0.1, -0.05) is 0 Å². The number of benzene rings is 1. The molecule has 0 atom stereocenters. The van der Waals surface area contributed by atoms with E-state index in [0.717, 1.165) is 16.7 Å². The Hall–Kier alpha value is -1.29. The van der Waals surface area contributed by atoms with E-state index in [1.54, 1.807) is 0 Å². The zero-order valence-electron chi connectivity index (χ0n) is 10.4. The average Bonchev–Trinajstić information content (AvgIpc) is 2.94. The molecule has 1 aromatic carbocycles. The fourth-order valence-corrected chi connectivity index (χ4v) is 3.00. The van der Waals surface area contributed by atoms with Crippen molar-refractivity contribution in [2.45, 2.75) is 25.8 Å². The molecule has 1 N–H and O–H groups in total. The summed E-state index contributed by atoms with van der Waals surface area (Å²) in [5, 5.41) is 7.82. The number of rotatable bonds is 3. The van der Waals surface area contributed by atoms with Gasteiger partial charge in [0.1, 0.15) is 0 Å². The second-order valence-corrected chi connectivity index (χ2v) is 5.64. The maximum Gasteiger partial charge on any atom is 0.0815 e. The Labute approximate surface area is 115 Å². The minimum atomic E-state index is 0.762. The summed E-state index contributed by atoms with van der Waals surface area (Å²) < 4.78 is 2.98. The van der Waals surface area contributed by atoms with Gasteiger partial charge in [-0.2, -0.15) is 5.10 Å². The molecule has 1 aliphatic rings. The molecule has 1 aromatic heterocycles. The lowest BCUT2D eigenvalue weighted by Gasteiger charge is -2.10. The summed E-state index contributed by atoms with van der Waals surface area (Å²) in [6.45, 7) is 0.762. The molecule has 0 saturated carbocycles. The summed E-state index contributed by atoms with van der Waals surface area (Å²) in [4.78, 5) is 0. The molecule has 2 aromatic rings. The normalized spacial score (nSPS) is 13.7. The van der Waals surface area contributed by atoms with Crippen LogP contribution >= 0.6 is 15.9 Å². The molecule has 4 heteroatoms. The van der Waals surface area contributed by atoms with Crippen LogP contribution in [-0.2, 0) is 26.4 Å². The molecule has 0 spiro atoms. The maximum atomic E-state index is 4.37. The van der Waals surface area contributed by atoms with Gasteiger partial charge in [0.25, 0.3) is 0 Å². The number of hydrogen-bond donors (Lipinski definition) is 1. The van der Waals surface area contributed by atoms with Gasteiger partial charge in [-0.05, 0) is 64.5 Å². The molecule has 18 heavy (non-hydrogen) atoms. The van der Waals surface area contributed by atoms with Crippen molar-refractivity contribution >= 4 is 21.6 Å². The van der Waals surface area contributed by atoms with Gasteiger partial charge in [-0.15, -0.1) is 0 Å². The Bertz CT molecular complexity index is 574. The number of nitrogens with zero attached hydrogens (tertiary/aromatic N) is 2. The molecule has 0 amide bonds. The third-order valence-electron chi connectivity index (χ3n) is 3.41. The Morgan fingerprint density at radius 1 is 1.33 bits per heavy atom. The molecule has 3 rings (SSSR count). The fourth-order valence-electron chi connectivity index (χ4n) is 2.47. The van der Waals surface area contributed by atoms with Crippen molar-refractivity contribution in [1.29, 1.82) is 0 Å². The molecular formula is C14H16BrN3. The van der Waals surface area contributed by atoms with Crippen LogP contribution in [0.15, 0.2) is 28.9 Å². The van der Waals surface area contributed by atoms with Crippen LogP contribution in [0, 0.1) is 0 Å². The quantitative estimate of drug-likeness (QED) is 0.943. The van der Waals surface area contributed by atoms with Gasteiger partial charge in [0.15, 0.2) is 0 Å². The number of hydrogen-bond acceptors (Lipinski definition) is 2. The van der Waals surface area contributed by atoms with Crippen LogP contribution in [0.1, 0.15) is 23.2 Å². The molecule has 94 valence electrons. The van der Waals surface area contributed by atoms with Crippen molar-refractivity contribution in [3.05, 3.63) is 45.7 Å². The van der Waals surface area contributed by atoms with Crippen LogP contribution in [0.4, 0.5) is 5.69 Å². The first kappa shape index (κ1) is 11.8. The third kappa shape index (κ3) is 2.29. The van der Waals surface area contributed by atoms with Crippen molar-refractivity contribution in [3.63, 3.8) is 0 Å². The van der Waals surface area contributed by atoms with Crippen LogP contribution in [0.2, 0.25) is 0 Å². The Balaban J connectivity index is 1.76. The first-order chi connectivity index (χ1) is 8.72. The molecule has 0 radical (unpaired) electrons. The van der Waals surface area contributed by atoms with E-state index in [2.05, 4.69) is 38.5 Å². The van der Waals surface area contributed by atoms with Crippen molar-refractivity contribution in [1.82, 2.24) is 9.78 Å². The van der Waals surface area contributed by atoms with Gasteiger partial charge in [0, 0.05) is 23.4 Å². The lowest BCUT2D eigenvalue weighted by Crippen LogP contribution is -2.02. The van der Waals surface area contributed by atoms with E-state index < -0.39 is 0 Å². The zero-order chi connectivity index (χ0) is 12.5. The van der Waals surface area contributed by atoms with Gasteiger partial charge in [-0.25, -0.2) is 0 Å². The monoisotopic (exact) mass is 305 g/mol. The molecule has 0 saturated heterocycles. The minimum absolute atomic E-state index is 0.762. The zero-order valence-corrected chi connectivity index (χ0v) is 12.0. The molecule has 1 heterocycles. The van der Waals surface area contributed by atoms with E-state index in [4.69, 9.17) is 0 Å². The molecule has 0 aliphatic heterocycles. The van der Waals surface area contributed by atoms with Crippen molar-refractivity contribution in [2.24, 2.45) is 7.05 Å². The summed E-state index contributed by atoms with van der Waals surface area (Å²) in [6, 6.07) is 6.56. The van der Waals surface area contributed by atoms with E-state index in [1.165, 1.54) is 36.1 Å². The van der Waals surface area contributed by atoms with E-state index in [0.29, 0.717) is 0 Å².